The van der Waals surface area contributed by atoms with Crippen molar-refractivity contribution in [1.29, 1.82) is 0 Å². The van der Waals surface area contributed by atoms with Gasteiger partial charge in [0.15, 0.2) is 6.29 Å². The van der Waals surface area contributed by atoms with E-state index in [-0.39, 0.29) is 0 Å². The molecule has 4 heteroatoms. The summed E-state index contributed by atoms with van der Waals surface area (Å²) in [5, 5.41) is 2.69. The van der Waals surface area contributed by atoms with Crippen LogP contribution in [0.5, 0.6) is 0 Å². The molecule has 0 amide bonds. The van der Waals surface area contributed by atoms with Gasteiger partial charge in [-0.05, 0) is 30.0 Å². The highest BCUT2D eigenvalue weighted by Gasteiger charge is 2.11. The molecule has 0 bridgehead atoms. The average Bonchev–Trinajstić information content (AvgIpc) is 2.88. The molecular formula is C14H14ClNOS. The molecule has 0 fully saturated rings. The fourth-order valence-electron chi connectivity index (χ4n) is 1.87. The molecule has 0 atom stereocenters. The maximum Gasteiger partial charge on any atom is 0.152 e. The van der Waals surface area contributed by atoms with E-state index < -0.39 is 0 Å². The summed E-state index contributed by atoms with van der Waals surface area (Å²) in [6.07, 6.45) is 1.81. The van der Waals surface area contributed by atoms with E-state index in [1.54, 1.807) is 23.5 Å². The number of anilines is 1. The lowest BCUT2D eigenvalue weighted by Crippen LogP contribution is -2.21. The molecule has 0 spiro atoms. The van der Waals surface area contributed by atoms with Gasteiger partial charge in [-0.3, -0.25) is 4.79 Å². The van der Waals surface area contributed by atoms with E-state index >= 15 is 0 Å². The van der Waals surface area contributed by atoms with Crippen molar-refractivity contribution in [3.8, 4) is 0 Å². The van der Waals surface area contributed by atoms with Gasteiger partial charge in [0.05, 0.1) is 10.7 Å². The summed E-state index contributed by atoms with van der Waals surface area (Å²) in [6.45, 7) is 0.838. The van der Waals surface area contributed by atoms with Crippen molar-refractivity contribution >= 4 is 34.9 Å². The average molecular weight is 280 g/mol. The van der Waals surface area contributed by atoms with Crippen molar-refractivity contribution in [2.24, 2.45) is 0 Å². The van der Waals surface area contributed by atoms with Crippen LogP contribution in [0, 0.1) is 0 Å². The third-order valence-electron chi connectivity index (χ3n) is 2.80. The molecule has 0 aliphatic carbocycles. The summed E-state index contributed by atoms with van der Waals surface area (Å²) >= 11 is 7.91. The molecule has 0 saturated carbocycles. The molecule has 0 N–H and O–H groups in total. The van der Waals surface area contributed by atoms with E-state index in [2.05, 4.69) is 11.4 Å². The second-order valence-corrected chi connectivity index (χ2v) is 5.49. The molecular weight excluding hydrogens is 266 g/mol. The second-order valence-electron chi connectivity index (χ2n) is 4.05. The third kappa shape index (κ3) is 2.92. The molecule has 0 radical (unpaired) electrons. The molecule has 18 heavy (non-hydrogen) atoms. The van der Waals surface area contributed by atoms with Crippen LogP contribution in [0.15, 0.2) is 35.7 Å². The summed E-state index contributed by atoms with van der Waals surface area (Å²) in [4.78, 5) is 14.4. The van der Waals surface area contributed by atoms with Crippen molar-refractivity contribution in [2.75, 3.05) is 18.5 Å². The first-order valence-electron chi connectivity index (χ1n) is 5.69. The van der Waals surface area contributed by atoms with Crippen LogP contribution in [0.25, 0.3) is 0 Å². The highest BCUT2D eigenvalue weighted by Crippen LogP contribution is 2.28. The SMILES string of the molecule is CN(CCc1cccs1)c1c(Cl)cccc1C=O. The van der Waals surface area contributed by atoms with Crippen LogP contribution in [0.2, 0.25) is 5.02 Å². The lowest BCUT2D eigenvalue weighted by molar-refractivity contribution is 0.112. The minimum absolute atomic E-state index is 0.619. The van der Waals surface area contributed by atoms with Crippen LogP contribution < -0.4 is 4.90 Å². The minimum Gasteiger partial charge on any atom is -0.372 e. The van der Waals surface area contributed by atoms with E-state index in [1.807, 2.05) is 24.1 Å². The first kappa shape index (κ1) is 13.1. The van der Waals surface area contributed by atoms with Gasteiger partial charge >= 0.3 is 0 Å². The summed E-state index contributed by atoms with van der Waals surface area (Å²) < 4.78 is 0. The Hall–Kier alpha value is -1.32. The zero-order valence-electron chi connectivity index (χ0n) is 10.1. The lowest BCUT2D eigenvalue weighted by atomic mass is 10.1. The number of nitrogens with zero attached hydrogens (tertiary/aromatic N) is 1. The molecule has 0 aliphatic heterocycles. The normalized spacial score (nSPS) is 10.3. The summed E-state index contributed by atoms with van der Waals surface area (Å²) in [7, 11) is 1.96. The predicted molar refractivity (Wildman–Crippen MR) is 78.1 cm³/mol. The topological polar surface area (TPSA) is 20.3 Å². The zero-order chi connectivity index (χ0) is 13.0. The quantitative estimate of drug-likeness (QED) is 0.774. The monoisotopic (exact) mass is 279 g/mol. The number of carbonyl (C=O) groups excluding carboxylic acids is 1. The zero-order valence-corrected chi connectivity index (χ0v) is 11.7. The van der Waals surface area contributed by atoms with Gasteiger partial charge in [0.25, 0.3) is 0 Å². The number of hydrogen-bond donors (Lipinski definition) is 0. The Morgan fingerprint density at radius 2 is 2.17 bits per heavy atom. The maximum absolute atomic E-state index is 11.0. The number of aldehydes is 1. The molecule has 0 saturated heterocycles. The number of carbonyl (C=O) groups is 1. The van der Waals surface area contributed by atoms with E-state index in [0.717, 1.165) is 24.9 Å². The van der Waals surface area contributed by atoms with Crippen molar-refractivity contribution < 1.29 is 4.79 Å². The van der Waals surface area contributed by atoms with Gasteiger partial charge in [-0.1, -0.05) is 23.7 Å². The van der Waals surface area contributed by atoms with Crippen LogP contribution in [0.4, 0.5) is 5.69 Å². The van der Waals surface area contributed by atoms with E-state index in [1.165, 1.54) is 4.88 Å². The van der Waals surface area contributed by atoms with Gasteiger partial charge in [0.1, 0.15) is 0 Å². The summed E-state index contributed by atoms with van der Waals surface area (Å²) in [5.74, 6) is 0. The number of rotatable bonds is 5. The molecule has 2 nitrogen and oxygen atoms in total. The highest BCUT2D eigenvalue weighted by atomic mass is 35.5. The molecule has 2 aromatic rings. The number of benzene rings is 1. The Bertz CT molecular complexity index is 525. The fraction of sp³-hybridized carbons (Fsp3) is 0.214. The van der Waals surface area contributed by atoms with E-state index in [4.69, 9.17) is 11.6 Å². The first-order valence-corrected chi connectivity index (χ1v) is 6.95. The maximum atomic E-state index is 11.0. The van der Waals surface area contributed by atoms with Crippen LogP contribution in [-0.2, 0) is 6.42 Å². The van der Waals surface area contributed by atoms with Crippen LogP contribution >= 0.6 is 22.9 Å². The molecule has 1 heterocycles. The molecule has 0 aliphatic rings. The number of hydrogen-bond acceptors (Lipinski definition) is 3. The van der Waals surface area contributed by atoms with Gasteiger partial charge in [-0.25, -0.2) is 0 Å². The van der Waals surface area contributed by atoms with Crippen LogP contribution in [0.3, 0.4) is 0 Å². The fourth-order valence-corrected chi connectivity index (χ4v) is 2.90. The lowest BCUT2D eigenvalue weighted by Gasteiger charge is -2.21. The molecule has 2 rings (SSSR count). The Morgan fingerprint density at radius 3 is 2.83 bits per heavy atom. The summed E-state index contributed by atoms with van der Waals surface area (Å²) in [6, 6.07) is 9.56. The highest BCUT2D eigenvalue weighted by molar-refractivity contribution is 7.09. The molecule has 0 unspecified atom stereocenters. The Labute approximate surface area is 116 Å². The van der Waals surface area contributed by atoms with E-state index in [0.29, 0.717) is 10.6 Å². The van der Waals surface area contributed by atoms with Gasteiger partial charge in [0, 0.05) is 24.0 Å². The van der Waals surface area contributed by atoms with Crippen molar-refractivity contribution in [1.82, 2.24) is 0 Å². The predicted octanol–water partition coefficient (Wildman–Crippen LogP) is 3.89. The number of thiophene rings is 1. The van der Waals surface area contributed by atoms with Crippen molar-refractivity contribution in [3.05, 3.63) is 51.2 Å². The Balaban J connectivity index is 2.13. The van der Waals surface area contributed by atoms with Gasteiger partial charge in [-0.15, -0.1) is 11.3 Å². The second kappa shape index (κ2) is 6.03. The Morgan fingerprint density at radius 1 is 1.33 bits per heavy atom. The number of likely N-dealkylation sites (N-methyl/N-ethyl adjacent to an activating group) is 1. The Kier molecular flexibility index (Phi) is 4.39. The third-order valence-corrected chi connectivity index (χ3v) is 4.04. The van der Waals surface area contributed by atoms with Crippen LogP contribution in [0.1, 0.15) is 15.2 Å². The standard InChI is InChI=1S/C14H14ClNOS/c1-16(8-7-12-5-3-9-18-12)14-11(10-17)4-2-6-13(14)15/h2-6,9-10H,7-8H2,1H3. The number of halogens is 1. The first-order chi connectivity index (χ1) is 8.72. The molecule has 1 aromatic heterocycles. The van der Waals surface area contributed by atoms with Gasteiger partial charge < -0.3 is 4.90 Å². The largest absolute Gasteiger partial charge is 0.372 e. The van der Waals surface area contributed by atoms with Crippen LogP contribution in [-0.4, -0.2) is 19.9 Å². The van der Waals surface area contributed by atoms with E-state index in [9.17, 15) is 4.79 Å². The van der Waals surface area contributed by atoms with Crippen molar-refractivity contribution in [3.63, 3.8) is 0 Å². The molecule has 1 aromatic carbocycles. The number of para-hydroxylation sites is 1. The van der Waals surface area contributed by atoms with Crippen molar-refractivity contribution in [2.45, 2.75) is 6.42 Å². The molecule has 94 valence electrons. The minimum atomic E-state index is 0.619. The van der Waals surface area contributed by atoms with Gasteiger partial charge in [0.2, 0.25) is 0 Å². The smallest absolute Gasteiger partial charge is 0.152 e. The van der Waals surface area contributed by atoms with Gasteiger partial charge in [-0.2, -0.15) is 0 Å². The summed E-state index contributed by atoms with van der Waals surface area (Å²) in [5.41, 5.74) is 1.45.